The van der Waals surface area contributed by atoms with Gasteiger partial charge >= 0.3 is 0 Å². The van der Waals surface area contributed by atoms with Crippen molar-refractivity contribution in [1.29, 1.82) is 0 Å². The third kappa shape index (κ3) is 3.73. The molecule has 2 rings (SSSR count). The van der Waals surface area contributed by atoms with E-state index in [1.807, 2.05) is 24.0 Å². The van der Waals surface area contributed by atoms with Crippen molar-refractivity contribution >= 4 is 5.91 Å². The lowest BCUT2D eigenvalue weighted by molar-refractivity contribution is -0.140. The van der Waals surface area contributed by atoms with E-state index in [1.165, 1.54) is 5.56 Å². The van der Waals surface area contributed by atoms with Gasteiger partial charge in [0.25, 0.3) is 0 Å². The first-order valence-electron chi connectivity index (χ1n) is 8.54. The van der Waals surface area contributed by atoms with Crippen molar-refractivity contribution in [2.75, 3.05) is 34.0 Å². The molecule has 24 heavy (non-hydrogen) atoms. The summed E-state index contributed by atoms with van der Waals surface area (Å²) in [6.07, 6.45) is 1.55. The Balaban J connectivity index is 2.41. The fourth-order valence-electron chi connectivity index (χ4n) is 3.38. The van der Waals surface area contributed by atoms with Crippen molar-refractivity contribution < 1.29 is 19.0 Å². The zero-order valence-corrected chi connectivity index (χ0v) is 15.4. The normalized spacial score (nSPS) is 18.6. The third-order valence-electron chi connectivity index (χ3n) is 4.66. The molecule has 0 spiro atoms. The average molecular weight is 335 g/mol. The lowest BCUT2D eigenvalue weighted by Crippen LogP contribution is -2.51. The van der Waals surface area contributed by atoms with Crippen molar-refractivity contribution in [3.8, 4) is 5.75 Å². The average Bonchev–Trinajstić information content (AvgIpc) is 2.94. The van der Waals surface area contributed by atoms with Crippen molar-refractivity contribution in [3.05, 3.63) is 29.3 Å². The van der Waals surface area contributed by atoms with Crippen LogP contribution in [0.15, 0.2) is 18.2 Å². The largest absolute Gasteiger partial charge is 0.490 e. The molecular weight excluding hydrogens is 306 g/mol. The lowest BCUT2D eigenvalue weighted by Gasteiger charge is -2.41. The van der Waals surface area contributed by atoms with E-state index in [9.17, 15) is 4.79 Å². The van der Waals surface area contributed by atoms with Gasteiger partial charge in [-0.25, -0.2) is 0 Å². The minimum atomic E-state index is -0.540. The first-order chi connectivity index (χ1) is 11.5. The van der Waals surface area contributed by atoms with Gasteiger partial charge in [0.15, 0.2) is 0 Å². The van der Waals surface area contributed by atoms with Crippen LogP contribution in [0.25, 0.3) is 0 Å². The van der Waals surface area contributed by atoms with E-state index in [0.29, 0.717) is 26.2 Å². The van der Waals surface area contributed by atoms with Crippen LogP contribution in [0.5, 0.6) is 5.75 Å². The van der Waals surface area contributed by atoms with Crippen molar-refractivity contribution in [2.45, 2.75) is 45.3 Å². The fourth-order valence-corrected chi connectivity index (χ4v) is 3.38. The summed E-state index contributed by atoms with van der Waals surface area (Å²) in [5, 5.41) is 0. The van der Waals surface area contributed by atoms with Crippen molar-refractivity contribution in [2.24, 2.45) is 0 Å². The highest BCUT2D eigenvalue weighted by atomic mass is 16.5. The van der Waals surface area contributed by atoms with Gasteiger partial charge in [0, 0.05) is 33.6 Å². The number of benzene rings is 1. The monoisotopic (exact) mass is 335 g/mol. The Hall–Kier alpha value is -1.59. The molecule has 5 heteroatoms. The number of nitrogens with zero attached hydrogens (tertiary/aromatic N) is 1. The number of hydrogen-bond donors (Lipinski definition) is 0. The molecule has 0 aromatic heterocycles. The van der Waals surface area contributed by atoms with Crippen molar-refractivity contribution in [3.63, 3.8) is 0 Å². The number of carbonyl (C=O) groups excluding carboxylic acids is 1. The van der Waals surface area contributed by atoms with Crippen LogP contribution in [-0.2, 0) is 26.2 Å². The number of amides is 1. The SMILES string of the molecule is CCC(=O)N(CCOC)C(C)(COC)c1ccc2c(c1)CC(C)O2. The Morgan fingerprint density at radius 2 is 2.12 bits per heavy atom. The van der Waals surface area contributed by atoms with Crippen LogP contribution in [0.2, 0.25) is 0 Å². The van der Waals surface area contributed by atoms with Crippen molar-refractivity contribution in [1.82, 2.24) is 4.90 Å². The van der Waals surface area contributed by atoms with E-state index in [1.54, 1.807) is 14.2 Å². The highest BCUT2D eigenvalue weighted by Crippen LogP contribution is 2.36. The zero-order valence-electron chi connectivity index (χ0n) is 15.4. The molecule has 1 aliphatic heterocycles. The number of fused-ring (bicyclic) bond motifs is 1. The molecule has 1 aromatic carbocycles. The Labute approximate surface area is 144 Å². The summed E-state index contributed by atoms with van der Waals surface area (Å²) >= 11 is 0. The number of ether oxygens (including phenoxy) is 3. The predicted molar refractivity (Wildman–Crippen MR) is 93.3 cm³/mol. The Bertz CT molecular complexity index is 574. The van der Waals surface area contributed by atoms with Gasteiger partial charge < -0.3 is 19.1 Å². The molecule has 2 atom stereocenters. The van der Waals surface area contributed by atoms with Gasteiger partial charge in [-0.2, -0.15) is 0 Å². The summed E-state index contributed by atoms with van der Waals surface area (Å²) in [4.78, 5) is 14.5. The number of hydrogen-bond acceptors (Lipinski definition) is 4. The predicted octanol–water partition coefficient (Wildman–Crippen LogP) is 2.76. The lowest BCUT2D eigenvalue weighted by atomic mass is 9.88. The topological polar surface area (TPSA) is 48.0 Å². The molecule has 0 fully saturated rings. The number of rotatable bonds is 8. The summed E-state index contributed by atoms with van der Waals surface area (Å²) in [7, 11) is 3.32. The maximum Gasteiger partial charge on any atom is 0.223 e. The van der Waals surface area contributed by atoms with E-state index < -0.39 is 5.54 Å². The van der Waals surface area contributed by atoms with Crippen LogP contribution in [0.3, 0.4) is 0 Å². The van der Waals surface area contributed by atoms with Gasteiger partial charge in [0.1, 0.15) is 11.9 Å². The highest BCUT2D eigenvalue weighted by Gasteiger charge is 2.37. The van der Waals surface area contributed by atoms with E-state index in [0.717, 1.165) is 17.7 Å². The van der Waals surface area contributed by atoms with E-state index in [-0.39, 0.29) is 12.0 Å². The molecule has 1 amide bonds. The molecule has 1 heterocycles. The minimum Gasteiger partial charge on any atom is -0.490 e. The van der Waals surface area contributed by atoms with Crippen LogP contribution < -0.4 is 4.74 Å². The standard InChI is InChI=1S/C19H29NO4/c1-6-18(21)20(9-10-22-4)19(3,13-23-5)16-7-8-17-15(12-16)11-14(2)24-17/h7-8,12,14H,6,9-11,13H2,1-5H3. The maximum absolute atomic E-state index is 12.6. The number of methoxy groups -OCH3 is 2. The molecule has 0 radical (unpaired) electrons. The first kappa shape index (κ1) is 18.7. The second-order valence-electron chi connectivity index (χ2n) is 6.55. The molecule has 0 bridgehead atoms. The van der Waals surface area contributed by atoms with Gasteiger partial charge in [-0.05, 0) is 37.1 Å². The quantitative estimate of drug-likeness (QED) is 0.733. The second kappa shape index (κ2) is 7.99. The molecule has 0 aliphatic carbocycles. The molecule has 0 N–H and O–H groups in total. The van der Waals surface area contributed by atoms with Gasteiger partial charge in [0.2, 0.25) is 5.91 Å². The highest BCUT2D eigenvalue weighted by molar-refractivity contribution is 5.77. The van der Waals surface area contributed by atoms with Gasteiger partial charge in [-0.3, -0.25) is 4.79 Å². The van der Waals surface area contributed by atoms with Gasteiger partial charge in [0.05, 0.1) is 18.8 Å². The van der Waals surface area contributed by atoms with Crippen LogP contribution in [0.1, 0.15) is 38.3 Å². The van der Waals surface area contributed by atoms with Crippen LogP contribution in [0.4, 0.5) is 0 Å². The Kier molecular flexibility index (Phi) is 6.24. The summed E-state index contributed by atoms with van der Waals surface area (Å²) in [5.41, 5.74) is 1.72. The Morgan fingerprint density at radius 1 is 1.38 bits per heavy atom. The van der Waals surface area contributed by atoms with E-state index >= 15 is 0 Å². The molecule has 5 nitrogen and oxygen atoms in total. The van der Waals surface area contributed by atoms with Crippen LogP contribution >= 0.6 is 0 Å². The number of carbonyl (C=O) groups is 1. The summed E-state index contributed by atoms with van der Waals surface area (Å²) < 4.78 is 16.5. The summed E-state index contributed by atoms with van der Waals surface area (Å²) in [6, 6.07) is 6.20. The molecule has 1 aromatic rings. The molecule has 2 unspecified atom stereocenters. The third-order valence-corrected chi connectivity index (χ3v) is 4.66. The van der Waals surface area contributed by atoms with Crippen LogP contribution in [0, 0.1) is 0 Å². The molecule has 0 saturated heterocycles. The van der Waals surface area contributed by atoms with Gasteiger partial charge in [-0.15, -0.1) is 0 Å². The van der Waals surface area contributed by atoms with E-state index in [4.69, 9.17) is 14.2 Å². The molecule has 1 aliphatic rings. The first-order valence-corrected chi connectivity index (χ1v) is 8.54. The second-order valence-corrected chi connectivity index (χ2v) is 6.55. The maximum atomic E-state index is 12.6. The summed E-state index contributed by atoms with van der Waals surface area (Å²) in [5.74, 6) is 1.04. The smallest absolute Gasteiger partial charge is 0.223 e. The summed E-state index contributed by atoms with van der Waals surface area (Å²) in [6.45, 7) is 7.47. The minimum absolute atomic E-state index is 0.0942. The molecule has 134 valence electrons. The zero-order chi connectivity index (χ0) is 17.7. The fraction of sp³-hybridized carbons (Fsp3) is 0.632. The molecule has 0 saturated carbocycles. The Morgan fingerprint density at radius 3 is 2.75 bits per heavy atom. The van der Waals surface area contributed by atoms with E-state index in [2.05, 4.69) is 19.9 Å². The van der Waals surface area contributed by atoms with Gasteiger partial charge in [-0.1, -0.05) is 13.0 Å². The molecular formula is C19H29NO4. The van der Waals surface area contributed by atoms with Crippen LogP contribution in [-0.4, -0.2) is 50.9 Å².